The molecule has 2 aromatic heterocycles. The maximum Gasteiger partial charge on any atom is 0.108 e. The lowest BCUT2D eigenvalue weighted by Gasteiger charge is -1.90. The Labute approximate surface area is 80.6 Å². The largest absolute Gasteiger partial charge is 0.311 e. The first-order chi connectivity index (χ1) is 5.75. The third-order valence-electron chi connectivity index (χ3n) is 2.26. The highest BCUT2D eigenvalue weighted by atomic mass is 32.1. The van der Waals surface area contributed by atoms with Crippen molar-refractivity contribution in [1.29, 1.82) is 0 Å². The van der Waals surface area contributed by atoms with Crippen LogP contribution in [0.2, 0.25) is 0 Å². The minimum atomic E-state index is 1.21. The Hall–Kier alpha value is -0.670. The summed E-state index contributed by atoms with van der Waals surface area (Å²) in [7, 11) is 0. The molecule has 0 saturated heterocycles. The smallest absolute Gasteiger partial charge is 0.108 e. The van der Waals surface area contributed by atoms with Crippen molar-refractivity contribution in [3.8, 4) is 0 Å². The summed E-state index contributed by atoms with van der Waals surface area (Å²) in [4.78, 5) is 1.26. The van der Waals surface area contributed by atoms with E-state index in [0.717, 1.165) is 0 Å². The van der Waals surface area contributed by atoms with Crippen LogP contribution < -0.4 is 0 Å². The molecular formula is C9H9NS2. The van der Waals surface area contributed by atoms with Crippen LogP contribution in [-0.2, 0) is 0 Å². The van der Waals surface area contributed by atoms with Gasteiger partial charge in [0.15, 0.2) is 0 Å². The number of aromatic nitrogens is 1. The predicted molar refractivity (Wildman–Crippen MR) is 57.5 cm³/mol. The molecule has 0 bridgehead atoms. The fourth-order valence-corrected chi connectivity index (χ4v) is 2.74. The van der Waals surface area contributed by atoms with E-state index in [2.05, 4.69) is 29.8 Å². The zero-order valence-corrected chi connectivity index (χ0v) is 8.63. The molecule has 0 N–H and O–H groups in total. The van der Waals surface area contributed by atoms with Gasteiger partial charge in [0.1, 0.15) is 4.83 Å². The molecule has 2 heterocycles. The molecule has 0 atom stereocenters. The van der Waals surface area contributed by atoms with Gasteiger partial charge in [-0.1, -0.05) is 12.2 Å². The lowest BCUT2D eigenvalue weighted by Crippen LogP contribution is -1.81. The van der Waals surface area contributed by atoms with E-state index in [1.54, 1.807) is 16.7 Å². The fourth-order valence-electron chi connectivity index (χ4n) is 1.41. The zero-order chi connectivity index (χ0) is 8.72. The second-order valence-electron chi connectivity index (χ2n) is 2.82. The van der Waals surface area contributed by atoms with Crippen LogP contribution in [0.3, 0.4) is 0 Å². The van der Waals surface area contributed by atoms with Gasteiger partial charge in [0.05, 0.1) is 0 Å². The summed E-state index contributed by atoms with van der Waals surface area (Å²) >= 11 is 6.72. The van der Waals surface area contributed by atoms with Gasteiger partial charge in [0.25, 0.3) is 0 Å². The standard InChI is InChI=1S/C9H9NS2/c1-6-7(2)10-3-4-12-9(10)8(6)5-11/h3-5H,1-2H3. The number of rotatable bonds is 1. The van der Waals surface area contributed by atoms with Gasteiger partial charge in [-0.3, -0.25) is 0 Å². The van der Waals surface area contributed by atoms with E-state index >= 15 is 0 Å². The summed E-state index contributed by atoms with van der Waals surface area (Å²) in [6.45, 7) is 4.24. The first-order valence-electron chi connectivity index (χ1n) is 3.75. The summed E-state index contributed by atoms with van der Waals surface area (Å²) in [5.74, 6) is 0. The van der Waals surface area contributed by atoms with Gasteiger partial charge < -0.3 is 4.40 Å². The lowest BCUT2D eigenvalue weighted by atomic mass is 10.2. The second-order valence-corrected chi connectivity index (χ2v) is 3.95. The molecule has 0 spiro atoms. The number of hydrogen-bond acceptors (Lipinski definition) is 2. The van der Waals surface area contributed by atoms with Crippen LogP contribution in [-0.4, -0.2) is 9.77 Å². The van der Waals surface area contributed by atoms with Crippen LogP contribution in [0.4, 0.5) is 0 Å². The Balaban J connectivity index is 2.97. The van der Waals surface area contributed by atoms with E-state index in [9.17, 15) is 0 Å². The topological polar surface area (TPSA) is 4.41 Å². The molecule has 2 aromatic rings. The molecule has 0 aliphatic heterocycles. The molecule has 0 aliphatic rings. The zero-order valence-electron chi connectivity index (χ0n) is 7.00. The van der Waals surface area contributed by atoms with Crippen molar-refractivity contribution in [3.05, 3.63) is 28.4 Å². The summed E-state index contributed by atoms with van der Waals surface area (Å²) in [5.41, 5.74) is 3.80. The van der Waals surface area contributed by atoms with Crippen LogP contribution in [0.25, 0.3) is 4.83 Å². The molecular weight excluding hydrogens is 186 g/mol. The highest BCUT2D eigenvalue weighted by molar-refractivity contribution is 7.79. The Morgan fingerprint density at radius 3 is 2.92 bits per heavy atom. The average Bonchev–Trinajstić information content (AvgIpc) is 2.59. The Morgan fingerprint density at radius 1 is 1.50 bits per heavy atom. The summed E-state index contributed by atoms with van der Waals surface area (Å²) in [5, 5.41) is 3.86. The van der Waals surface area contributed by atoms with Crippen molar-refractivity contribution < 1.29 is 0 Å². The molecule has 0 saturated carbocycles. The monoisotopic (exact) mass is 195 g/mol. The maximum absolute atomic E-state index is 4.98. The highest BCUT2D eigenvalue weighted by Gasteiger charge is 2.09. The predicted octanol–water partition coefficient (Wildman–Crippen LogP) is 2.97. The van der Waals surface area contributed by atoms with Gasteiger partial charge >= 0.3 is 0 Å². The molecule has 3 heteroatoms. The maximum atomic E-state index is 4.98. The van der Waals surface area contributed by atoms with E-state index in [4.69, 9.17) is 12.2 Å². The Morgan fingerprint density at radius 2 is 2.25 bits per heavy atom. The van der Waals surface area contributed by atoms with E-state index in [0.29, 0.717) is 0 Å². The van der Waals surface area contributed by atoms with Crippen molar-refractivity contribution in [2.45, 2.75) is 13.8 Å². The van der Waals surface area contributed by atoms with Gasteiger partial charge in [-0.15, -0.1) is 11.3 Å². The molecule has 0 aromatic carbocycles. The molecule has 0 amide bonds. The fraction of sp³-hybridized carbons (Fsp3) is 0.222. The first-order valence-corrected chi connectivity index (χ1v) is 5.10. The molecule has 0 unspecified atom stereocenters. The number of thiocarbonyl (C=S) groups is 1. The molecule has 0 aliphatic carbocycles. The molecule has 62 valence electrons. The van der Waals surface area contributed by atoms with Crippen LogP contribution in [0.1, 0.15) is 16.8 Å². The molecule has 2 rings (SSSR count). The minimum absolute atomic E-state index is 1.21. The number of thiazole rings is 1. The molecule has 1 nitrogen and oxygen atoms in total. The van der Waals surface area contributed by atoms with Crippen molar-refractivity contribution in [2.24, 2.45) is 0 Å². The Kier molecular flexibility index (Phi) is 1.77. The van der Waals surface area contributed by atoms with Crippen molar-refractivity contribution in [1.82, 2.24) is 4.40 Å². The average molecular weight is 195 g/mol. The van der Waals surface area contributed by atoms with Crippen LogP contribution >= 0.6 is 23.6 Å². The Bertz CT molecular complexity index is 436. The van der Waals surface area contributed by atoms with Crippen LogP contribution in [0.5, 0.6) is 0 Å². The second kappa shape index (κ2) is 2.68. The minimum Gasteiger partial charge on any atom is -0.311 e. The molecule has 12 heavy (non-hydrogen) atoms. The number of fused-ring (bicyclic) bond motifs is 1. The van der Waals surface area contributed by atoms with E-state index < -0.39 is 0 Å². The van der Waals surface area contributed by atoms with E-state index in [-0.39, 0.29) is 0 Å². The summed E-state index contributed by atoms with van der Waals surface area (Å²) in [6, 6.07) is 0. The molecule has 0 fully saturated rings. The quantitative estimate of drug-likeness (QED) is 0.633. The van der Waals surface area contributed by atoms with Gasteiger partial charge in [-0.25, -0.2) is 0 Å². The van der Waals surface area contributed by atoms with E-state index in [1.165, 1.54) is 21.7 Å². The summed E-state index contributed by atoms with van der Waals surface area (Å²) in [6.07, 6.45) is 2.09. The normalized spacial score (nSPS) is 10.8. The number of aryl methyl sites for hydroxylation is 1. The van der Waals surface area contributed by atoms with Crippen molar-refractivity contribution in [3.63, 3.8) is 0 Å². The summed E-state index contributed by atoms with van der Waals surface area (Å²) < 4.78 is 2.19. The number of nitrogens with zero attached hydrogens (tertiary/aromatic N) is 1. The lowest BCUT2D eigenvalue weighted by molar-refractivity contribution is 1.12. The van der Waals surface area contributed by atoms with Crippen molar-refractivity contribution >= 4 is 33.8 Å². The first kappa shape index (κ1) is 7.95. The number of hydrogen-bond donors (Lipinski definition) is 0. The highest BCUT2D eigenvalue weighted by Crippen LogP contribution is 2.24. The van der Waals surface area contributed by atoms with Crippen molar-refractivity contribution in [2.75, 3.05) is 0 Å². The third-order valence-corrected chi connectivity index (χ3v) is 3.40. The van der Waals surface area contributed by atoms with Crippen LogP contribution in [0.15, 0.2) is 11.6 Å². The van der Waals surface area contributed by atoms with Gasteiger partial charge in [-0.05, 0) is 19.4 Å². The van der Waals surface area contributed by atoms with Gasteiger partial charge in [0, 0.05) is 28.2 Å². The van der Waals surface area contributed by atoms with E-state index in [1.807, 2.05) is 0 Å². The van der Waals surface area contributed by atoms with Gasteiger partial charge in [0.2, 0.25) is 0 Å². The van der Waals surface area contributed by atoms with Crippen LogP contribution in [0, 0.1) is 13.8 Å². The third kappa shape index (κ3) is 0.867. The molecule has 0 radical (unpaired) electrons. The SMILES string of the molecule is Cc1c(C=S)c2sccn2c1C. The van der Waals surface area contributed by atoms with Gasteiger partial charge in [-0.2, -0.15) is 0 Å².